The van der Waals surface area contributed by atoms with Crippen LogP contribution in [-0.4, -0.2) is 22.7 Å². The lowest BCUT2D eigenvalue weighted by molar-refractivity contribution is 0.223. The predicted octanol–water partition coefficient (Wildman–Crippen LogP) is 1.89. The van der Waals surface area contributed by atoms with Crippen molar-refractivity contribution in [2.24, 2.45) is 11.8 Å². The third kappa shape index (κ3) is 1.71. The smallest absolute Gasteiger partial charge is 0.0593 e. The highest BCUT2D eigenvalue weighted by molar-refractivity contribution is 14.1. The molecule has 3 saturated heterocycles. The molecular weight excluding hydrogens is 287 g/mol. The molecule has 5 unspecified atom stereocenters. The number of piperidine rings is 1. The van der Waals surface area contributed by atoms with Gasteiger partial charge in [0.25, 0.3) is 0 Å². The van der Waals surface area contributed by atoms with E-state index in [0.29, 0.717) is 0 Å². The SMILES string of the molecule is IC1CCC(C2CC3CCC2N3)CN1. The minimum Gasteiger partial charge on any atom is -0.311 e. The van der Waals surface area contributed by atoms with Crippen LogP contribution in [0, 0.1) is 11.8 Å². The summed E-state index contributed by atoms with van der Waals surface area (Å²) >= 11 is 2.53. The van der Waals surface area contributed by atoms with Crippen LogP contribution in [0.15, 0.2) is 0 Å². The summed E-state index contributed by atoms with van der Waals surface area (Å²) in [6.07, 6.45) is 7.17. The van der Waals surface area contributed by atoms with Crippen LogP contribution < -0.4 is 10.6 Å². The fourth-order valence-corrected chi connectivity index (χ4v) is 4.21. The van der Waals surface area contributed by atoms with E-state index in [9.17, 15) is 0 Å². The molecule has 3 heteroatoms. The molecule has 0 radical (unpaired) electrons. The van der Waals surface area contributed by atoms with E-state index in [1.807, 2.05) is 0 Å². The van der Waals surface area contributed by atoms with Crippen LogP contribution in [0.4, 0.5) is 0 Å². The Kier molecular flexibility index (Phi) is 2.75. The Morgan fingerprint density at radius 3 is 2.57 bits per heavy atom. The van der Waals surface area contributed by atoms with Crippen molar-refractivity contribution in [3.8, 4) is 0 Å². The maximum Gasteiger partial charge on any atom is 0.0593 e. The second kappa shape index (κ2) is 3.91. The first-order valence-corrected chi connectivity index (χ1v) is 7.21. The molecule has 2 N–H and O–H groups in total. The van der Waals surface area contributed by atoms with Gasteiger partial charge in [0.1, 0.15) is 0 Å². The van der Waals surface area contributed by atoms with Gasteiger partial charge in [-0.05, 0) is 50.5 Å². The van der Waals surface area contributed by atoms with Gasteiger partial charge in [0.2, 0.25) is 0 Å². The summed E-state index contributed by atoms with van der Waals surface area (Å²) in [5, 5.41) is 7.38. The van der Waals surface area contributed by atoms with Crippen LogP contribution in [-0.2, 0) is 0 Å². The first kappa shape index (κ1) is 9.85. The zero-order valence-corrected chi connectivity index (χ0v) is 10.7. The third-order valence-corrected chi connectivity index (χ3v) is 5.41. The molecule has 3 aliphatic rings. The summed E-state index contributed by atoms with van der Waals surface area (Å²) < 4.78 is 0.732. The molecular formula is C11H19IN2. The lowest BCUT2D eigenvalue weighted by Crippen LogP contribution is -2.41. The van der Waals surface area contributed by atoms with Gasteiger partial charge in [0.15, 0.2) is 0 Å². The maximum absolute atomic E-state index is 3.76. The third-order valence-electron chi connectivity index (χ3n) is 4.35. The van der Waals surface area contributed by atoms with Crippen LogP contribution in [0.25, 0.3) is 0 Å². The topological polar surface area (TPSA) is 24.1 Å². The van der Waals surface area contributed by atoms with Gasteiger partial charge in [-0.3, -0.25) is 0 Å². The summed E-state index contributed by atoms with van der Waals surface area (Å²) in [6, 6.07) is 1.75. The average Bonchev–Trinajstić information content (AvgIpc) is 2.80. The molecule has 3 aliphatic heterocycles. The van der Waals surface area contributed by atoms with E-state index in [1.54, 1.807) is 0 Å². The van der Waals surface area contributed by atoms with Crippen molar-refractivity contribution in [3.63, 3.8) is 0 Å². The van der Waals surface area contributed by atoms with Crippen LogP contribution in [0.3, 0.4) is 0 Å². The van der Waals surface area contributed by atoms with E-state index in [4.69, 9.17) is 0 Å². The van der Waals surface area contributed by atoms with E-state index in [0.717, 1.165) is 28.0 Å². The summed E-state index contributed by atoms with van der Waals surface area (Å²) in [5.41, 5.74) is 0. The predicted molar refractivity (Wildman–Crippen MR) is 66.6 cm³/mol. The zero-order chi connectivity index (χ0) is 9.54. The van der Waals surface area contributed by atoms with Crippen molar-refractivity contribution in [2.45, 2.75) is 48.2 Å². The molecule has 3 heterocycles. The van der Waals surface area contributed by atoms with Crippen molar-refractivity contribution < 1.29 is 0 Å². The van der Waals surface area contributed by atoms with Crippen LogP contribution >= 0.6 is 22.6 Å². The Balaban J connectivity index is 1.61. The molecule has 0 amide bonds. The van der Waals surface area contributed by atoms with Crippen molar-refractivity contribution in [3.05, 3.63) is 0 Å². The van der Waals surface area contributed by atoms with Gasteiger partial charge in [-0.25, -0.2) is 0 Å². The number of rotatable bonds is 1. The number of hydrogen-bond acceptors (Lipinski definition) is 2. The van der Waals surface area contributed by atoms with Gasteiger partial charge < -0.3 is 10.6 Å². The highest BCUT2D eigenvalue weighted by Gasteiger charge is 2.43. The Hall–Kier alpha value is 0.650. The van der Waals surface area contributed by atoms with Crippen LogP contribution in [0.5, 0.6) is 0 Å². The second-order valence-electron chi connectivity index (χ2n) is 5.16. The van der Waals surface area contributed by atoms with Gasteiger partial charge in [0, 0.05) is 12.1 Å². The molecule has 2 nitrogen and oxygen atoms in total. The van der Waals surface area contributed by atoms with Crippen molar-refractivity contribution in [1.29, 1.82) is 0 Å². The zero-order valence-electron chi connectivity index (χ0n) is 8.51. The fraction of sp³-hybridized carbons (Fsp3) is 1.00. The van der Waals surface area contributed by atoms with E-state index >= 15 is 0 Å². The van der Waals surface area contributed by atoms with Crippen molar-refractivity contribution >= 4 is 22.6 Å². The molecule has 3 fully saturated rings. The van der Waals surface area contributed by atoms with E-state index in [1.165, 1.54) is 38.6 Å². The van der Waals surface area contributed by atoms with Crippen molar-refractivity contribution in [1.82, 2.24) is 10.6 Å². The standard InChI is InChI=1S/C11H19IN2/c12-11-4-1-7(6-13-11)9-5-8-2-3-10(9)14-8/h7-11,13-14H,1-6H2. The minimum absolute atomic E-state index is 0.732. The van der Waals surface area contributed by atoms with Gasteiger partial charge in [-0.1, -0.05) is 22.6 Å². The molecule has 3 rings (SSSR count). The quantitative estimate of drug-likeness (QED) is 0.439. The summed E-state index contributed by atoms with van der Waals surface area (Å²) in [7, 11) is 0. The Morgan fingerprint density at radius 2 is 2.00 bits per heavy atom. The molecule has 0 saturated carbocycles. The summed E-state index contributed by atoms with van der Waals surface area (Å²) in [6.45, 7) is 1.27. The number of fused-ring (bicyclic) bond motifs is 2. The van der Waals surface area contributed by atoms with Crippen LogP contribution in [0.1, 0.15) is 32.1 Å². The molecule has 0 spiro atoms. The highest BCUT2D eigenvalue weighted by Crippen LogP contribution is 2.40. The Labute approximate surface area is 99.7 Å². The largest absolute Gasteiger partial charge is 0.311 e. The monoisotopic (exact) mass is 306 g/mol. The Bertz CT molecular complexity index is 213. The Morgan fingerprint density at radius 1 is 1.07 bits per heavy atom. The molecule has 0 aromatic rings. The molecule has 0 aromatic heterocycles. The van der Waals surface area contributed by atoms with E-state index < -0.39 is 0 Å². The maximum atomic E-state index is 3.76. The first-order valence-electron chi connectivity index (χ1n) is 5.96. The molecule has 14 heavy (non-hydrogen) atoms. The molecule has 0 aliphatic carbocycles. The van der Waals surface area contributed by atoms with Crippen LogP contribution in [0.2, 0.25) is 0 Å². The van der Waals surface area contributed by atoms with E-state index in [2.05, 4.69) is 33.2 Å². The summed E-state index contributed by atoms with van der Waals surface area (Å²) in [4.78, 5) is 0. The minimum atomic E-state index is 0.732. The lowest BCUT2D eigenvalue weighted by atomic mass is 9.77. The lowest BCUT2D eigenvalue weighted by Gasteiger charge is -2.34. The number of nitrogens with one attached hydrogen (secondary N) is 2. The van der Waals surface area contributed by atoms with Gasteiger partial charge in [-0.15, -0.1) is 0 Å². The molecule has 5 atom stereocenters. The normalized spacial score (nSPS) is 52.5. The van der Waals surface area contributed by atoms with E-state index in [-0.39, 0.29) is 0 Å². The van der Waals surface area contributed by atoms with Gasteiger partial charge >= 0.3 is 0 Å². The summed E-state index contributed by atoms with van der Waals surface area (Å²) in [5.74, 6) is 1.95. The van der Waals surface area contributed by atoms with Crippen molar-refractivity contribution in [2.75, 3.05) is 6.54 Å². The highest BCUT2D eigenvalue weighted by atomic mass is 127. The van der Waals surface area contributed by atoms with Gasteiger partial charge in [0.05, 0.1) is 4.05 Å². The molecule has 2 bridgehead atoms. The average molecular weight is 306 g/mol. The number of alkyl halides is 1. The van der Waals surface area contributed by atoms with Gasteiger partial charge in [-0.2, -0.15) is 0 Å². The first-order chi connectivity index (χ1) is 6.83. The molecule has 0 aromatic carbocycles. The number of halogens is 1. The number of hydrogen-bond donors (Lipinski definition) is 2. The molecule has 80 valence electrons. The fourth-order valence-electron chi connectivity index (χ4n) is 3.60. The second-order valence-corrected chi connectivity index (χ2v) is 6.66.